The standard InChI is InChI=1S/C6H11NO.C6H13N.C5H9NO2.3C2H6/c1-6(2)3-5(8)7-4-6;1-6(2)3-4-7-5-6;1-5(2)3-6-4(7)8-5;3*1-2/h3-4H2,1-2H3,(H,7,8);7H,3-5H2,1-2H3;3H2,1-2H3,(H,6,7);3*1-2H3. The monoisotopic (exact) mass is 417 g/mol. The van der Waals surface area contributed by atoms with Crippen molar-refractivity contribution in [2.75, 3.05) is 26.2 Å². The van der Waals surface area contributed by atoms with Gasteiger partial charge < -0.3 is 20.7 Å². The van der Waals surface area contributed by atoms with Crippen molar-refractivity contribution in [1.82, 2.24) is 16.0 Å². The van der Waals surface area contributed by atoms with Crippen molar-refractivity contribution in [1.29, 1.82) is 0 Å². The Morgan fingerprint density at radius 3 is 1.34 bits per heavy atom. The fraction of sp³-hybridized carbons (Fsp3) is 0.913. The smallest absolute Gasteiger partial charge is 0.407 e. The van der Waals surface area contributed by atoms with Gasteiger partial charge in [0.2, 0.25) is 5.91 Å². The van der Waals surface area contributed by atoms with E-state index in [1.54, 1.807) is 0 Å². The van der Waals surface area contributed by atoms with E-state index in [2.05, 4.69) is 43.6 Å². The van der Waals surface area contributed by atoms with Crippen LogP contribution < -0.4 is 16.0 Å². The van der Waals surface area contributed by atoms with Crippen molar-refractivity contribution in [3.8, 4) is 0 Å². The highest BCUT2D eigenvalue weighted by molar-refractivity contribution is 5.78. The third-order valence-corrected chi connectivity index (χ3v) is 4.01. The maximum atomic E-state index is 10.5. The number of amides is 2. The predicted octanol–water partition coefficient (Wildman–Crippen LogP) is 5.12. The van der Waals surface area contributed by atoms with Gasteiger partial charge in [-0.3, -0.25) is 4.79 Å². The highest BCUT2D eigenvalue weighted by Crippen LogP contribution is 2.23. The summed E-state index contributed by atoms with van der Waals surface area (Å²) in [7, 11) is 0. The minimum atomic E-state index is -0.310. The highest BCUT2D eigenvalue weighted by Gasteiger charge is 2.30. The van der Waals surface area contributed by atoms with Crippen molar-refractivity contribution in [3.05, 3.63) is 0 Å². The minimum absolute atomic E-state index is 0.190. The Bertz CT molecular complexity index is 395. The van der Waals surface area contributed by atoms with Crippen molar-refractivity contribution < 1.29 is 14.3 Å². The van der Waals surface area contributed by atoms with Gasteiger partial charge in [-0.1, -0.05) is 69.2 Å². The van der Waals surface area contributed by atoms with E-state index < -0.39 is 0 Å². The van der Waals surface area contributed by atoms with Crippen LogP contribution in [0.1, 0.15) is 95.9 Å². The number of carbonyl (C=O) groups is 2. The molecule has 0 atom stereocenters. The molecule has 3 saturated heterocycles. The average Bonchev–Trinajstić information content (AvgIpc) is 3.32. The molecule has 0 unspecified atom stereocenters. The third-order valence-electron chi connectivity index (χ3n) is 4.01. The van der Waals surface area contributed by atoms with E-state index in [4.69, 9.17) is 4.74 Å². The Morgan fingerprint density at radius 1 is 0.724 bits per heavy atom. The SMILES string of the molecule is CC.CC.CC.CC1(C)CCNC1.CC1(C)CNC(=O)C1.CC1(C)CNC(=O)O1. The van der Waals surface area contributed by atoms with Crippen LogP contribution in [0, 0.1) is 10.8 Å². The maximum Gasteiger partial charge on any atom is 0.407 e. The zero-order chi connectivity index (χ0) is 23.7. The second-order valence-corrected chi connectivity index (χ2v) is 8.71. The van der Waals surface area contributed by atoms with Gasteiger partial charge in [0.15, 0.2) is 0 Å². The molecule has 176 valence electrons. The van der Waals surface area contributed by atoms with E-state index in [0.717, 1.165) is 6.54 Å². The quantitative estimate of drug-likeness (QED) is 0.511. The number of rotatable bonds is 0. The van der Waals surface area contributed by atoms with Gasteiger partial charge >= 0.3 is 6.09 Å². The van der Waals surface area contributed by atoms with Crippen molar-refractivity contribution >= 4 is 12.0 Å². The molecule has 0 aromatic heterocycles. The number of alkyl carbamates (subject to hydrolysis) is 1. The first kappa shape index (κ1) is 32.4. The van der Waals surface area contributed by atoms with E-state index in [9.17, 15) is 9.59 Å². The number of cyclic esters (lactones) is 1. The molecular formula is C23H51N3O3. The highest BCUT2D eigenvalue weighted by atomic mass is 16.6. The number of hydrogen-bond donors (Lipinski definition) is 3. The number of ether oxygens (including phenoxy) is 1. The van der Waals surface area contributed by atoms with E-state index in [0.29, 0.717) is 18.4 Å². The molecule has 0 aromatic rings. The zero-order valence-corrected chi connectivity index (χ0v) is 21.5. The van der Waals surface area contributed by atoms with Crippen LogP contribution in [0.4, 0.5) is 4.79 Å². The molecule has 3 rings (SSSR count). The Hall–Kier alpha value is -1.30. The number of hydrogen-bond acceptors (Lipinski definition) is 4. The molecule has 0 aliphatic carbocycles. The van der Waals surface area contributed by atoms with Crippen LogP contribution in [-0.2, 0) is 9.53 Å². The summed E-state index contributed by atoms with van der Waals surface area (Å²) >= 11 is 0. The summed E-state index contributed by atoms with van der Waals surface area (Å²) in [5, 5.41) is 8.63. The molecule has 0 spiro atoms. The second kappa shape index (κ2) is 16.5. The summed E-state index contributed by atoms with van der Waals surface area (Å²) in [6.07, 6.45) is 1.72. The third kappa shape index (κ3) is 18.5. The molecule has 0 aromatic carbocycles. The Morgan fingerprint density at radius 2 is 1.24 bits per heavy atom. The first-order chi connectivity index (χ1) is 13.4. The van der Waals surface area contributed by atoms with Gasteiger partial charge in [0, 0.05) is 19.5 Å². The second-order valence-electron chi connectivity index (χ2n) is 8.71. The molecule has 3 aliphatic heterocycles. The van der Waals surface area contributed by atoms with Gasteiger partial charge in [-0.05, 0) is 37.6 Å². The van der Waals surface area contributed by atoms with Crippen LogP contribution in [0.2, 0.25) is 0 Å². The van der Waals surface area contributed by atoms with Crippen LogP contribution in [0.5, 0.6) is 0 Å². The number of carbonyl (C=O) groups excluding carboxylic acids is 2. The first-order valence-corrected chi connectivity index (χ1v) is 11.4. The van der Waals surface area contributed by atoms with Crippen LogP contribution in [0.25, 0.3) is 0 Å². The largest absolute Gasteiger partial charge is 0.442 e. The molecule has 0 bridgehead atoms. The lowest BCUT2D eigenvalue weighted by atomic mass is 9.93. The van der Waals surface area contributed by atoms with Gasteiger partial charge in [-0.15, -0.1) is 0 Å². The van der Waals surface area contributed by atoms with Gasteiger partial charge in [0.05, 0.1) is 6.54 Å². The summed E-state index contributed by atoms with van der Waals surface area (Å²) in [5.41, 5.74) is 0.494. The van der Waals surface area contributed by atoms with Gasteiger partial charge in [-0.25, -0.2) is 4.79 Å². The summed E-state index contributed by atoms with van der Waals surface area (Å²) in [5.74, 6) is 0.190. The van der Waals surface area contributed by atoms with Gasteiger partial charge in [-0.2, -0.15) is 0 Å². The molecule has 3 aliphatic rings. The van der Waals surface area contributed by atoms with Crippen molar-refractivity contribution in [2.24, 2.45) is 10.8 Å². The first-order valence-electron chi connectivity index (χ1n) is 11.4. The van der Waals surface area contributed by atoms with Crippen LogP contribution in [0.3, 0.4) is 0 Å². The molecule has 29 heavy (non-hydrogen) atoms. The van der Waals surface area contributed by atoms with Gasteiger partial charge in [0.25, 0.3) is 0 Å². The van der Waals surface area contributed by atoms with Crippen molar-refractivity contribution in [3.63, 3.8) is 0 Å². The fourth-order valence-electron chi connectivity index (χ4n) is 2.45. The van der Waals surface area contributed by atoms with E-state index in [-0.39, 0.29) is 23.0 Å². The molecule has 0 radical (unpaired) electrons. The van der Waals surface area contributed by atoms with E-state index in [1.165, 1.54) is 19.5 Å². The van der Waals surface area contributed by atoms with Crippen LogP contribution >= 0.6 is 0 Å². The number of nitrogens with one attached hydrogen (secondary N) is 3. The Kier molecular flexibility index (Phi) is 18.4. The minimum Gasteiger partial charge on any atom is -0.442 e. The normalized spacial score (nSPS) is 21.2. The molecule has 6 nitrogen and oxygen atoms in total. The molecule has 3 N–H and O–H groups in total. The topological polar surface area (TPSA) is 79.5 Å². The van der Waals surface area contributed by atoms with Crippen LogP contribution in [0.15, 0.2) is 0 Å². The summed E-state index contributed by atoms with van der Waals surface area (Å²) in [6, 6.07) is 0. The fourth-order valence-corrected chi connectivity index (χ4v) is 2.45. The van der Waals surface area contributed by atoms with Gasteiger partial charge in [0.1, 0.15) is 5.60 Å². The molecule has 2 amide bonds. The lowest BCUT2D eigenvalue weighted by Gasteiger charge is -2.12. The molecular weight excluding hydrogens is 366 g/mol. The molecule has 3 heterocycles. The maximum absolute atomic E-state index is 10.5. The lowest BCUT2D eigenvalue weighted by Crippen LogP contribution is -2.23. The van der Waals surface area contributed by atoms with E-state index in [1.807, 2.05) is 55.4 Å². The zero-order valence-electron chi connectivity index (χ0n) is 21.5. The molecule has 0 saturated carbocycles. The average molecular weight is 418 g/mol. The van der Waals surface area contributed by atoms with Crippen LogP contribution in [-0.4, -0.2) is 43.8 Å². The summed E-state index contributed by atoms with van der Waals surface area (Å²) in [4.78, 5) is 20.9. The predicted molar refractivity (Wildman–Crippen MR) is 125 cm³/mol. The van der Waals surface area contributed by atoms with E-state index >= 15 is 0 Å². The summed E-state index contributed by atoms with van der Waals surface area (Å²) < 4.78 is 4.80. The van der Waals surface area contributed by atoms with Crippen molar-refractivity contribution in [2.45, 2.75) is 102 Å². The Balaban J connectivity index is -0.000000310. The summed E-state index contributed by atoms with van der Waals surface area (Å²) in [6.45, 7) is 28.4. The Labute approximate surface area is 181 Å². The molecule has 6 heteroatoms. The molecule has 3 fully saturated rings. The lowest BCUT2D eigenvalue weighted by molar-refractivity contribution is -0.119.